The van der Waals surface area contributed by atoms with E-state index in [2.05, 4.69) is 10.1 Å². The number of rotatable bonds is 5. The number of alkyl halides is 2. The van der Waals surface area contributed by atoms with Crippen molar-refractivity contribution in [2.75, 3.05) is 23.9 Å². The van der Waals surface area contributed by atoms with Crippen molar-refractivity contribution in [1.82, 2.24) is 0 Å². The summed E-state index contributed by atoms with van der Waals surface area (Å²) in [4.78, 5) is 12.0. The molecule has 1 amide bonds. The van der Waals surface area contributed by atoms with Crippen LogP contribution in [-0.4, -0.2) is 39.6 Å². The summed E-state index contributed by atoms with van der Waals surface area (Å²) in [6.45, 7) is -3.03. The number of hydrogen-bond donors (Lipinski definition) is 1. The Kier molecular flexibility index (Phi) is 4.84. The molecule has 1 unspecified atom stereocenters. The van der Waals surface area contributed by atoms with Crippen LogP contribution < -0.4 is 14.8 Å². The molecule has 0 aliphatic carbocycles. The van der Waals surface area contributed by atoms with Crippen molar-refractivity contribution in [1.29, 1.82) is 0 Å². The van der Waals surface area contributed by atoms with Gasteiger partial charge >= 0.3 is 6.61 Å². The first-order valence-electron chi connectivity index (χ1n) is 6.45. The van der Waals surface area contributed by atoms with Gasteiger partial charge in [-0.15, -0.1) is 0 Å². The average molecular weight is 335 g/mol. The summed E-state index contributed by atoms with van der Waals surface area (Å²) in [5.41, 5.74) is 0.228. The highest BCUT2D eigenvalue weighted by Gasteiger charge is 2.33. The zero-order valence-corrected chi connectivity index (χ0v) is 12.5. The summed E-state index contributed by atoms with van der Waals surface area (Å²) in [5.74, 6) is -1.43. The van der Waals surface area contributed by atoms with Crippen molar-refractivity contribution in [2.45, 2.75) is 13.0 Å². The molecule has 0 saturated carbocycles. The van der Waals surface area contributed by atoms with Crippen molar-refractivity contribution in [2.24, 2.45) is 5.92 Å². The summed E-state index contributed by atoms with van der Waals surface area (Å²) in [6.07, 6.45) is 0.255. The molecule has 1 aliphatic heterocycles. The minimum Gasteiger partial charge on any atom is -0.493 e. The van der Waals surface area contributed by atoms with Gasteiger partial charge in [-0.3, -0.25) is 4.79 Å². The van der Waals surface area contributed by atoms with Gasteiger partial charge in [-0.05, 0) is 18.6 Å². The van der Waals surface area contributed by atoms with E-state index in [1.54, 1.807) is 0 Å². The number of ether oxygens (including phenoxy) is 2. The Morgan fingerprint density at radius 2 is 2.09 bits per heavy atom. The largest absolute Gasteiger partial charge is 0.493 e. The predicted octanol–water partition coefficient (Wildman–Crippen LogP) is 1.67. The van der Waals surface area contributed by atoms with Crippen molar-refractivity contribution >= 4 is 21.4 Å². The van der Waals surface area contributed by atoms with Gasteiger partial charge < -0.3 is 14.8 Å². The molecule has 122 valence electrons. The maximum absolute atomic E-state index is 12.3. The lowest BCUT2D eigenvalue weighted by Gasteiger charge is -2.13. The van der Waals surface area contributed by atoms with Crippen LogP contribution in [0.15, 0.2) is 18.2 Å². The van der Waals surface area contributed by atoms with E-state index in [4.69, 9.17) is 4.74 Å². The van der Waals surface area contributed by atoms with Gasteiger partial charge in [0.15, 0.2) is 21.3 Å². The molecule has 2 rings (SSSR count). The zero-order valence-electron chi connectivity index (χ0n) is 11.7. The van der Waals surface area contributed by atoms with E-state index in [-0.39, 0.29) is 35.1 Å². The van der Waals surface area contributed by atoms with Crippen LogP contribution >= 0.6 is 0 Å². The second-order valence-electron chi connectivity index (χ2n) is 4.83. The van der Waals surface area contributed by atoms with Crippen LogP contribution in [-0.2, 0) is 14.6 Å². The quantitative estimate of drug-likeness (QED) is 0.885. The minimum atomic E-state index is -3.17. The number of halogens is 2. The molecule has 0 bridgehead atoms. The average Bonchev–Trinajstić information content (AvgIpc) is 2.79. The molecule has 1 atom stereocenters. The number of anilines is 1. The number of hydrogen-bond acceptors (Lipinski definition) is 5. The van der Waals surface area contributed by atoms with Gasteiger partial charge in [0.1, 0.15) is 0 Å². The Morgan fingerprint density at radius 1 is 1.36 bits per heavy atom. The molecule has 9 heteroatoms. The molecule has 1 saturated heterocycles. The molecule has 0 radical (unpaired) electrons. The van der Waals surface area contributed by atoms with E-state index >= 15 is 0 Å². The number of sulfone groups is 1. The predicted molar refractivity (Wildman–Crippen MR) is 75.0 cm³/mol. The third kappa shape index (κ3) is 4.06. The number of benzene rings is 1. The third-order valence-electron chi connectivity index (χ3n) is 3.25. The van der Waals surface area contributed by atoms with E-state index in [0.29, 0.717) is 0 Å². The Morgan fingerprint density at radius 3 is 2.64 bits per heavy atom. The Hall–Kier alpha value is -1.90. The second-order valence-corrected chi connectivity index (χ2v) is 7.06. The van der Waals surface area contributed by atoms with Crippen LogP contribution in [0.25, 0.3) is 0 Å². The molecule has 22 heavy (non-hydrogen) atoms. The van der Waals surface area contributed by atoms with E-state index in [0.717, 1.165) is 0 Å². The number of amides is 1. The standard InChI is InChI=1S/C13H15F2NO5S/c1-20-10-3-2-9(6-11(10)21-13(14)15)16-12(17)8-4-5-22(18,19)7-8/h2-3,6,8,13H,4-5,7H2,1H3,(H,16,17). The van der Waals surface area contributed by atoms with Gasteiger partial charge in [0.25, 0.3) is 0 Å². The molecule has 0 spiro atoms. The van der Waals surface area contributed by atoms with Gasteiger partial charge in [0.05, 0.1) is 24.5 Å². The lowest BCUT2D eigenvalue weighted by atomic mass is 10.1. The van der Waals surface area contributed by atoms with Crippen LogP contribution in [0.4, 0.5) is 14.5 Å². The number of carbonyl (C=O) groups excluding carboxylic acids is 1. The molecule has 1 N–H and O–H groups in total. The first-order valence-corrected chi connectivity index (χ1v) is 8.27. The summed E-state index contributed by atoms with van der Waals surface area (Å²) in [7, 11) is -1.87. The van der Waals surface area contributed by atoms with Gasteiger partial charge in [-0.2, -0.15) is 8.78 Å². The Labute approximate surface area is 126 Å². The summed E-state index contributed by atoms with van der Waals surface area (Å²) in [5, 5.41) is 2.50. The minimum absolute atomic E-state index is 0.0204. The topological polar surface area (TPSA) is 81.7 Å². The molecule has 1 fully saturated rings. The van der Waals surface area contributed by atoms with Crippen LogP contribution in [0.3, 0.4) is 0 Å². The molecule has 1 heterocycles. The zero-order chi connectivity index (χ0) is 16.3. The van der Waals surface area contributed by atoms with Crippen LogP contribution in [0.2, 0.25) is 0 Å². The van der Waals surface area contributed by atoms with Crippen molar-refractivity contribution < 1.29 is 31.5 Å². The molecule has 6 nitrogen and oxygen atoms in total. The van der Waals surface area contributed by atoms with E-state index in [1.807, 2.05) is 0 Å². The van der Waals surface area contributed by atoms with Crippen molar-refractivity contribution in [3.05, 3.63) is 18.2 Å². The molecule has 0 aromatic heterocycles. The number of methoxy groups -OCH3 is 1. The number of carbonyl (C=O) groups is 1. The van der Waals surface area contributed by atoms with Gasteiger partial charge in [-0.1, -0.05) is 0 Å². The van der Waals surface area contributed by atoms with E-state index < -0.39 is 28.3 Å². The summed E-state index contributed by atoms with van der Waals surface area (Å²) >= 11 is 0. The Bertz CT molecular complexity index is 662. The fraction of sp³-hybridized carbons (Fsp3) is 0.462. The molecule has 1 aromatic rings. The number of nitrogens with one attached hydrogen (secondary N) is 1. The first-order chi connectivity index (χ1) is 10.3. The normalized spacial score (nSPS) is 19.9. The van der Waals surface area contributed by atoms with Gasteiger partial charge in [-0.25, -0.2) is 8.42 Å². The van der Waals surface area contributed by atoms with Crippen LogP contribution in [0.5, 0.6) is 11.5 Å². The molecule has 1 aromatic carbocycles. The van der Waals surface area contributed by atoms with Crippen LogP contribution in [0, 0.1) is 5.92 Å². The van der Waals surface area contributed by atoms with Crippen LogP contribution in [0.1, 0.15) is 6.42 Å². The highest BCUT2D eigenvalue weighted by molar-refractivity contribution is 7.91. The smallest absolute Gasteiger partial charge is 0.387 e. The molecular weight excluding hydrogens is 320 g/mol. The molecular formula is C13H15F2NO5S. The highest BCUT2D eigenvalue weighted by Crippen LogP contribution is 2.32. The maximum Gasteiger partial charge on any atom is 0.387 e. The van der Waals surface area contributed by atoms with Crippen molar-refractivity contribution in [3.8, 4) is 11.5 Å². The van der Waals surface area contributed by atoms with E-state index in [9.17, 15) is 22.0 Å². The fourth-order valence-corrected chi connectivity index (χ4v) is 3.93. The SMILES string of the molecule is COc1ccc(NC(=O)C2CCS(=O)(=O)C2)cc1OC(F)F. The van der Waals surface area contributed by atoms with E-state index in [1.165, 1.54) is 25.3 Å². The molecule has 1 aliphatic rings. The van der Waals surface area contributed by atoms with Crippen molar-refractivity contribution in [3.63, 3.8) is 0 Å². The summed E-state index contributed by atoms with van der Waals surface area (Å²) in [6, 6.07) is 4.03. The fourth-order valence-electron chi connectivity index (χ4n) is 2.19. The lowest BCUT2D eigenvalue weighted by Crippen LogP contribution is -2.23. The Balaban J connectivity index is 2.11. The second kappa shape index (κ2) is 6.47. The lowest BCUT2D eigenvalue weighted by molar-refractivity contribution is -0.119. The first kappa shape index (κ1) is 16.5. The summed E-state index contributed by atoms with van der Waals surface area (Å²) < 4.78 is 56.6. The third-order valence-corrected chi connectivity index (χ3v) is 5.02. The maximum atomic E-state index is 12.3. The van der Waals surface area contributed by atoms with Gasteiger partial charge in [0, 0.05) is 11.8 Å². The highest BCUT2D eigenvalue weighted by atomic mass is 32.2. The van der Waals surface area contributed by atoms with Gasteiger partial charge in [0.2, 0.25) is 5.91 Å². The monoisotopic (exact) mass is 335 g/mol.